The third kappa shape index (κ3) is 5.29. The Kier molecular flexibility index (Phi) is 6.99. The highest BCUT2D eigenvalue weighted by atomic mass is 35.5. The zero-order valence-corrected chi connectivity index (χ0v) is 15.9. The summed E-state index contributed by atoms with van der Waals surface area (Å²) in [7, 11) is 5.65. The molecular formula is C18H21ClFN3OS. The highest BCUT2D eigenvalue weighted by Gasteiger charge is 2.18. The van der Waals surface area contributed by atoms with Crippen molar-refractivity contribution in [3.63, 3.8) is 0 Å². The van der Waals surface area contributed by atoms with Gasteiger partial charge in [0.25, 0.3) is 0 Å². The van der Waals surface area contributed by atoms with E-state index in [1.54, 1.807) is 13.2 Å². The molecule has 0 saturated carbocycles. The Bertz CT molecular complexity index is 742. The van der Waals surface area contributed by atoms with Crippen molar-refractivity contribution in [3.05, 3.63) is 58.9 Å². The number of likely N-dealkylation sites (N-methyl/N-ethyl adjacent to an activating group) is 1. The van der Waals surface area contributed by atoms with Crippen LogP contribution in [0.4, 0.5) is 10.1 Å². The van der Waals surface area contributed by atoms with Crippen molar-refractivity contribution in [2.24, 2.45) is 0 Å². The number of nitrogens with zero attached hydrogens (tertiary/aromatic N) is 1. The topological polar surface area (TPSA) is 36.5 Å². The van der Waals surface area contributed by atoms with Crippen LogP contribution in [0, 0.1) is 5.82 Å². The Morgan fingerprint density at radius 3 is 2.64 bits per heavy atom. The van der Waals surface area contributed by atoms with Crippen LogP contribution < -0.4 is 15.4 Å². The number of methoxy groups -OCH3 is 1. The molecule has 2 N–H and O–H groups in total. The van der Waals surface area contributed by atoms with Gasteiger partial charge in [0.1, 0.15) is 11.6 Å². The number of nitrogens with one attached hydrogen (secondary N) is 2. The van der Waals surface area contributed by atoms with E-state index in [0.717, 1.165) is 11.3 Å². The zero-order chi connectivity index (χ0) is 18.4. The van der Waals surface area contributed by atoms with Gasteiger partial charge in [-0.15, -0.1) is 0 Å². The minimum atomic E-state index is -0.463. The summed E-state index contributed by atoms with van der Waals surface area (Å²) in [6.45, 7) is 0.578. The zero-order valence-electron chi connectivity index (χ0n) is 14.3. The number of hydrogen-bond acceptors (Lipinski definition) is 3. The van der Waals surface area contributed by atoms with E-state index in [1.807, 2.05) is 38.4 Å². The van der Waals surface area contributed by atoms with E-state index in [2.05, 4.69) is 15.5 Å². The molecular weight excluding hydrogens is 361 g/mol. The van der Waals surface area contributed by atoms with Crippen molar-refractivity contribution in [3.8, 4) is 5.75 Å². The van der Waals surface area contributed by atoms with Crippen LogP contribution in [0.25, 0.3) is 0 Å². The molecule has 1 atom stereocenters. The van der Waals surface area contributed by atoms with E-state index in [-0.39, 0.29) is 11.1 Å². The molecule has 2 aromatic rings. The Morgan fingerprint density at radius 2 is 2.00 bits per heavy atom. The molecule has 0 amide bonds. The highest BCUT2D eigenvalue weighted by molar-refractivity contribution is 7.80. The van der Waals surface area contributed by atoms with Crippen LogP contribution in [-0.4, -0.2) is 37.8 Å². The van der Waals surface area contributed by atoms with Gasteiger partial charge in [0.15, 0.2) is 5.11 Å². The van der Waals surface area contributed by atoms with Gasteiger partial charge in [-0.2, -0.15) is 0 Å². The van der Waals surface area contributed by atoms with Gasteiger partial charge in [0.2, 0.25) is 0 Å². The fourth-order valence-corrected chi connectivity index (χ4v) is 2.83. The lowest BCUT2D eigenvalue weighted by molar-refractivity contribution is 0.288. The Labute approximate surface area is 157 Å². The maximum absolute atomic E-state index is 13.2. The Balaban J connectivity index is 2.03. The molecule has 0 unspecified atom stereocenters. The van der Waals surface area contributed by atoms with Gasteiger partial charge in [0.05, 0.1) is 18.2 Å². The van der Waals surface area contributed by atoms with E-state index in [1.165, 1.54) is 12.1 Å². The van der Waals surface area contributed by atoms with Gasteiger partial charge in [-0.1, -0.05) is 29.8 Å². The molecule has 0 fully saturated rings. The fourth-order valence-electron chi connectivity index (χ4n) is 2.45. The van der Waals surface area contributed by atoms with Crippen molar-refractivity contribution < 1.29 is 9.13 Å². The molecule has 25 heavy (non-hydrogen) atoms. The van der Waals surface area contributed by atoms with Crippen LogP contribution in [0.15, 0.2) is 42.5 Å². The third-order valence-corrected chi connectivity index (χ3v) is 4.29. The predicted octanol–water partition coefficient (Wildman–Crippen LogP) is 4.08. The van der Waals surface area contributed by atoms with E-state index < -0.39 is 5.82 Å². The van der Waals surface area contributed by atoms with Gasteiger partial charge in [0, 0.05) is 17.8 Å². The number of hydrogen-bond donors (Lipinski definition) is 2. The lowest BCUT2D eigenvalue weighted by Gasteiger charge is -2.27. The first kappa shape index (κ1) is 19.4. The first-order valence-electron chi connectivity index (χ1n) is 7.71. The van der Waals surface area contributed by atoms with Gasteiger partial charge >= 0.3 is 0 Å². The lowest BCUT2D eigenvalue weighted by Crippen LogP contribution is -2.36. The van der Waals surface area contributed by atoms with Crippen LogP contribution in [0.5, 0.6) is 5.75 Å². The van der Waals surface area contributed by atoms with Crippen molar-refractivity contribution in [1.29, 1.82) is 0 Å². The summed E-state index contributed by atoms with van der Waals surface area (Å²) < 4.78 is 18.7. The molecule has 4 nitrogen and oxygen atoms in total. The molecule has 0 spiro atoms. The Morgan fingerprint density at radius 1 is 1.28 bits per heavy atom. The second kappa shape index (κ2) is 8.99. The first-order chi connectivity index (χ1) is 11.9. The van der Waals surface area contributed by atoms with Crippen molar-refractivity contribution in [2.75, 3.05) is 33.1 Å². The SMILES string of the molecule is COc1ccccc1[C@@H](CNC(=S)Nc1ccc(F)c(Cl)c1)N(C)C. The van der Waals surface area contributed by atoms with Gasteiger partial charge in [-0.25, -0.2) is 4.39 Å². The lowest BCUT2D eigenvalue weighted by atomic mass is 10.0. The monoisotopic (exact) mass is 381 g/mol. The third-order valence-electron chi connectivity index (χ3n) is 3.75. The smallest absolute Gasteiger partial charge is 0.170 e. The minimum Gasteiger partial charge on any atom is -0.496 e. The predicted molar refractivity (Wildman–Crippen MR) is 105 cm³/mol. The number of para-hydroxylation sites is 1. The molecule has 0 aromatic heterocycles. The number of halogens is 2. The molecule has 2 rings (SSSR count). The van der Waals surface area contributed by atoms with E-state index in [9.17, 15) is 4.39 Å². The average Bonchev–Trinajstić information content (AvgIpc) is 2.58. The van der Waals surface area contributed by atoms with E-state index in [0.29, 0.717) is 17.3 Å². The van der Waals surface area contributed by atoms with Crippen LogP contribution in [0.2, 0.25) is 5.02 Å². The maximum Gasteiger partial charge on any atom is 0.170 e. The summed E-state index contributed by atoms with van der Waals surface area (Å²) >= 11 is 11.1. The van der Waals surface area contributed by atoms with Crippen LogP contribution in [0.3, 0.4) is 0 Å². The summed E-state index contributed by atoms with van der Waals surface area (Å²) in [6, 6.07) is 12.3. The summed E-state index contributed by atoms with van der Waals surface area (Å²) in [6.07, 6.45) is 0. The van der Waals surface area contributed by atoms with Gasteiger partial charge < -0.3 is 20.3 Å². The second-order valence-corrected chi connectivity index (χ2v) is 6.50. The molecule has 0 saturated heterocycles. The Hall–Kier alpha value is -1.89. The molecule has 0 heterocycles. The van der Waals surface area contributed by atoms with Gasteiger partial charge in [-0.3, -0.25) is 0 Å². The average molecular weight is 382 g/mol. The van der Waals surface area contributed by atoms with Crippen molar-refractivity contribution in [2.45, 2.75) is 6.04 Å². The molecule has 0 radical (unpaired) electrons. The summed E-state index contributed by atoms with van der Waals surface area (Å²) in [5, 5.41) is 6.67. The second-order valence-electron chi connectivity index (χ2n) is 5.69. The molecule has 0 aliphatic heterocycles. The van der Waals surface area contributed by atoms with E-state index in [4.69, 9.17) is 28.6 Å². The summed E-state index contributed by atoms with van der Waals surface area (Å²) in [4.78, 5) is 2.09. The van der Waals surface area contributed by atoms with Crippen LogP contribution in [0.1, 0.15) is 11.6 Å². The van der Waals surface area contributed by atoms with Crippen LogP contribution in [-0.2, 0) is 0 Å². The number of ether oxygens (including phenoxy) is 1. The first-order valence-corrected chi connectivity index (χ1v) is 8.50. The molecule has 0 aliphatic rings. The van der Waals surface area contributed by atoms with Gasteiger partial charge in [-0.05, 0) is 50.6 Å². The van der Waals surface area contributed by atoms with Crippen molar-refractivity contribution in [1.82, 2.24) is 10.2 Å². The number of thiocarbonyl (C=S) groups is 1. The molecule has 134 valence electrons. The normalized spacial score (nSPS) is 11.9. The summed E-state index contributed by atoms with van der Waals surface area (Å²) in [5.74, 6) is 0.363. The number of anilines is 1. The minimum absolute atomic E-state index is 0.0491. The largest absolute Gasteiger partial charge is 0.496 e. The standard InChI is InChI=1S/C18H21ClFN3OS/c1-23(2)16(13-6-4-5-7-17(13)24-3)11-21-18(25)22-12-8-9-15(20)14(19)10-12/h4-10,16H,11H2,1-3H3,(H2,21,22,25)/t16-/m1/s1. The number of rotatable bonds is 6. The molecule has 0 aliphatic carbocycles. The highest BCUT2D eigenvalue weighted by Crippen LogP contribution is 2.27. The molecule has 0 bridgehead atoms. The fraction of sp³-hybridized carbons (Fsp3) is 0.278. The molecule has 2 aromatic carbocycles. The maximum atomic E-state index is 13.2. The quantitative estimate of drug-likeness (QED) is 0.737. The van der Waals surface area contributed by atoms with Crippen molar-refractivity contribution >= 4 is 34.6 Å². The van der Waals surface area contributed by atoms with Crippen LogP contribution >= 0.6 is 23.8 Å². The summed E-state index contributed by atoms with van der Waals surface area (Å²) in [5.41, 5.74) is 1.69. The number of benzene rings is 2. The van der Waals surface area contributed by atoms with E-state index >= 15 is 0 Å². The molecule has 7 heteroatoms.